The van der Waals surface area contributed by atoms with E-state index in [0.717, 1.165) is 9.79 Å². The van der Waals surface area contributed by atoms with Gasteiger partial charge in [-0.2, -0.15) is 0 Å². The predicted octanol–water partition coefficient (Wildman–Crippen LogP) is 4.62. The van der Waals surface area contributed by atoms with E-state index in [2.05, 4.69) is 11.9 Å². The van der Waals surface area contributed by atoms with Gasteiger partial charge in [0.1, 0.15) is 0 Å². The molecule has 0 radical (unpaired) electrons. The van der Waals surface area contributed by atoms with Gasteiger partial charge >= 0.3 is 0 Å². The van der Waals surface area contributed by atoms with Crippen LogP contribution in [0.2, 0.25) is 5.02 Å². The van der Waals surface area contributed by atoms with Crippen molar-refractivity contribution in [1.29, 1.82) is 0 Å². The van der Waals surface area contributed by atoms with Gasteiger partial charge in [-0.05, 0) is 36.4 Å². The molecule has 1 amide bonds. The van der Waals surface area contributed by atoms with E-state index in [1.807, 2.05) is 36.4 Å². The van der Waals surface area contributed by atoms with Gasteiger partial charge < -0.3 is 5.32 Å². The Morgan fingerprint density at radius 1 is 1.21 bits per heavy atom. The molecule has 0 aliphatic carbocycles. The van der Waals surface area contributed by atoms with Gasteiger partial charge in [0.15, 0.2) is 0 Å². The van der Waals surface area contributed by atoms with Crippen molar-refractivity contribution >= 4 is 35.0 Å². The summed E-state index contributed by atoms with van der Waals surface area (Å²) in [5.74, 6) is -0.253. The third-order valence-corrected chi connectivity index (χ3v) is 3.67. The molecule has 96 valence electrons. The van der Waals surface area contributed by atoms with Crippen LogP contribution in [0.4, 0.5) is 5.69 Å². The minimum Gasteiger partial charge on any atom is -0.321 e. The number of benzene rings is 2. The van der Waals surface area contributed by atoms with Crippen LogP contribution >= 0.6 is 23.4 Å². The Hall–Kier alpha value is -1.71. The van der Waals surface area contributed by atoms with Crippen molar-refractivity contribution in [1.82, 2.24) is 0 Å². The Balaban J connectivity index is 2.29. The second kappa shape index (κ2) is 6.45. The van der Waals surface area contributed by atoms with Crippen molar-refractivity contribution in [2.75, 3.05) is 5.32 Å². The number of anilines is 1. The zero-order chi connectivity index (χ0) is 13.7. The second-order valence-electron chi connectivity index (χ2n) is 3.75. The van der Waals surface area contributed by atoms with Crippen molar-refractivity contribution in [3.05, 3.63) is 66.2 Å². The minimum absolute atomic E-state index is 0.253. The Morgan fingerprint density at radius 3 is 2.63 bits per heavy atom. The highest BCUT2D eigenvalue weighted by Crippen LogP contribution is 2.34. The summed E-state index contributed by atoms with van der Waals surface area (Å²) >= 11 is 7.53. The van der Waals surface area contributed by atoms with E-state index in [-0.39, 0.29) is 5.91 Å². The van der Waals surface area contributed by atoms with E-state index in [4.69, 9.17) is 11.6 Å². The first-order valence-electron chi connectivity index (χ1n) is 5.65. The van der Waals surface area contributed by atoms with Gasteiger partial charge in [0.2, 0.25) is 5.91 Å². The van der Waals surface area contributed by atoms with Gasteiger partial charge in [-0.1, -0.05) is 48.1 Å². The number of halogens is 1. The molecule has 0 unspecified atom stereocenters. The predicted molar refractivity (Wildman–Crippen MR) is 80.8 cm³/mol. The highest BCUT2D eigenvalue weighted by atomic mass is 35.5. The maximum Gasteiger partial charge on any atom is 0.247 e. The van der Waals surface area contributed by atoms with Gasteiger partial charge in [-0.25, -0.2) is 0 Å². The third kappa shape index (κ3) is 3.88. The molecule has 0 spiro atoms. The summed E-state index contributed by atoms with van der Waals surface area (Å²) in [5, 5.41) is 3.34. The summed E-state index contributed by atoms with van der Waals surface area (Å²) in [6.45, 7) is 3.44. The van der Waals surface area contributed by atoms with E-state index in [9.17, 15) is 4.79 Å². The first-order valence-corrected chi connectivity index (χ1v) is 6.84. The number of carbonyl (C=O) groups is 1. The van der Waals surface area contributed by atoms with Crippen LogP contribution in [0, 0.1) is 0 Å². The molecule has 2 aromatic carbocycles. The van der Waals surface area contributed by atoms with Crippen LogP contribution in [0.15, 0.2) is 71.0 Å². The monoisotopic (exact) mass is 289 g/mol. The van der Waals surface area contributed by atoms with Gasteiger partial charge in [0, 0.05) is 14.8 Å². The van der Waals surface area contributed by atoms with Crippen LogP contribution in [0.5, 0.6) is 0 Å². The number of hydrogen-bond donors (Lipinski definition) is 1. The number of hydrogen-bond acceptors (Lipinski definition) is 2. The van der Waals surface area contributed by atoms with Crippen LogP contribution in [-0.2, 0) is 4.79 Å². The number of nitrogens with one attached hydrogen (secondary N) is 1. The zero-order valence-corrected chi connectivity index (χ0v) is 11.7. The molecule has 19 heavy (non-hydrogen) atoms. The summed E-state index contributed by atoms with van der Waals surface area (Å²) in [6, 6.07) is 15.4. The lowest BCUT2D eigenvalue weighted by Crippen LogP contribution is -2.08. The lowest BCUT2D eigenvalue weighted by molar-refractivity contribution is -0.111. The normalized spacial score (nSPS) is 9.95. The highest BCUT2D eigenvalue weighted by Gasteiger charge is 2.07. The third-order valence-electron chi connectivity index (χ3n) is 2.36. The first kappa shape index (κ1) is 13.7. The summed E-state index contributed by atoms with van der Waals surface area (Å²) in [6.07, 6.45) is 1.23. The molecule has 0 fully saturated rings. The lowest BCUT2D eigenvalue weighted by atomic mass is 10.3. The zero-order valence-electron chi connectivity index (χ0n) is 10.1. The largest absolute Gasteiger partial charge is 0.321 e. The lowest BCUT2D eigenvalue weighted by Gasteiger charge is -2.10. The van der Waals surface area contributed by atoms with E-state index in [0.29, 0.717) is 10.7 Å². The molecular formula is C15H12ClNOS. The molecule has 0 saturated heterocycles. The first-order chi connectivity index (χ1) is 9.19. The summed E-state index contributed by atoms with van der Waals surface area (Å²) < 4.78 is 0. The molecule has 2 aromatic rings. The molecule has 2 rings (SSSR count). The van der Waals surface area contributed by atoms with Gasteiger partial charge in [-0.3, -0.25) is 4.79 Å². The highest BCUT2D eigenvalue weighted by molar-refractivity contribution is 7.99. The minimum atomic E-state index is -0.253. The van der Waals surface area contributed by atoms with Crippen molar-refractivity contribution in [3.8, 4) is 0 Å². The molecule has 4 heteroatoms. The molecular weight excluding hydrogens is 278 g/mol. The van der Waals surface area contributed by atoms with Gasteiger partial charge in [0.05, 0.1) is 5.69 Å². The molecule has 0 atom stereocenters. The topological polar surface area (TPSA) is 29.1 Å². The summed E-state index contributed by atoms with van der Waals surface area (Å²) in [7, 11) is 0. The summed E-state index contributed by atoms with van der Waals surface area (Å²) in [5.41, 5.74) is 0.686. The van der Waals surface area contributed by atoms with Crippen LogP contribution in [0.25, 0.3) is 0 Å². The Morgan fingerprint density at radius 2 is 1.95 bits per heavy atom. The molecule has 0 saturated carbocycles. The Kier molecular flexibility index (Phi) is 4.66. The van der Waals surface area contributed by atoms with Crippen LogP contribution in [0.1, 0.15) is 0 Å². The molecule has 0 aromatic heterocycles. The fourth-order valence-electron chi connectivity index (χ4n) is 1.49. The van der Waals surface area contributed by atoms with Crippen molar-refractivity contribution in [2.45, 2.75) is 9.79 Å². The molecule has 0 heterocycles. The van der Waals surface area contributed by atoms with E-state index >= 15 is 0 Å². The average Bonchev–Trinajstić information content (AvgIpc) is 2.43. The van der Waals surface area contributed by atoms with E-state index < -0.39 is 0 Å². The van der Waals surface area contributed by atoms with Crippen molar-refractivity contribution in [2.24, 2.45) is 0 Å². The molecule has 0 aliphatic rings. The molecule has 0 bridgehead atoms. The Labute approximate surface area is 121 Å². The fraction of sp³-hybridized carbons (Fsp3) is 0. The number of carbonyl (C=O) groups excluding carboxylic acids is 1. The van der Waals surface area contributed by atoms with Crippen molar-refractivity contribution in [3.63, 3.8) is 0 Å². The fourth-order valence-corrected chi connectivity index (χ4v) is 2.56. The quantitative estimate of drug-likeness (QED) is 0.832. The SMILES string of the molecule is C=CC(=O)Nc1cc(Cl)ccc1Sc1ccccc1. The number of amides is 1. The van der Waals surface area contributed by atoms with Gasteiger partial charge in [-0.15, -0.1) is 0 Å². The Bertz CT molecular complexity index is 598. The average molecular weight is 290 g/mol. The smallest absolute Gasteiger partial charge is 0.247 e. The molecule has 0 aliphatic heterocycles. The van der Waals surface area contributed by atoms with Crippen molar-refractivity contribution < 1.29 is 4.79 Å². The second-order valence-corrected chi connectivity index (χ2v) is 5.30. The summed E-state index contributed by atoms with van der Waals surface area (Å²) in [4.78, 5) is 13.4. The van der Waals surface area contributed by atoms with Crippen LogP contribution in [-0.4, -0.2) is 5.91 Å². The maximum atomic E-state index is 11.4. The van der Waals surface area contributed by atoms with Crippen LogP contribution < -0.4 is 5.32 Å². The standard InChI is InChI=1S/C15H12ClNOS/c1-2-15(18)17-13-10-11(16)8-9-14(13)19-12-6-4-3-5-7-12/h2-10H,1H2,(H,17,18). The van der Waals surface area contributed by atoms with E-state index in [1.165, 1.54) is 6.08 Å². The van der Waals surface area contributed by atoms with Gasteiger partial charge in [0.25, 0.3) is 0 Å². The van der Waals surface area contributed by atoms with E-state index in [1.54, 1.807) is 23.9 Å². The maximum absolute atomic E-state index is 11.4. The van der Waals surface area contributed by atoms with Crippen LogP contribution in [0.3, 0.4) is 0 Å². The molecule has 2 nitrogen and oxygen atoms in total. The molecule has 1 N–H and O–H groups in total. The number of rotatable bonds is 4.